The van der Waals surface area contributed by atoms with Crippen molar-refractivity contribution in [1.82, 2.24) is 19.5 Å². The smallest absolute Gasteiger partial charge is 0.244 e. The molecule has 8 aromatic rings. The number of benzene rings is 6. The van der Waals surface area contributed by atoms with Gasteiger partial charge >= 0.3 is 0 Å². The van der Waals surface area contributed by atoms with Crippen LogP contribution in [0.2, 0.25) is 0 Å². The van der Waals surface area contributed by atoms with Crippen LogP contribution in [0.3, 0.4) is 0 Å². The summed E-state index contributed by atoms with van der Waals surface area (Å²) in [6.45, 7) is 2.63. The van der Waals surface area contributed by atoms with Gasteiger partial charge in [-0.1, -0.05) is 163 Å². The SMILES string of the molecule is CNc1nc(NC(c2ccccc2)(c2ccccc2)c2ccc(OC)cc2)c2ncn(C(O)OCCCOC(c3ccccc3)(c3ccccc3)c3ccc(C)cc3)c2n1. The lowest BCUT2D eigenvalue weighted by Crippen LogP contribution is -2.38. The molecule has 1 unspecified atom stereocenters. The summed E-state index contributed by atoms with van der Waals surface area (Å²) in [6, 6.07) is 57.5. The Bertz CT molecular complexity index is 2510. The Morgan fingerprint density at radius 1 is 0.633 bits per heavy atom. The third-order valence-corrected chi connectivity index (χ3v) is 10.8. The summed E-state index contributed by atoms with van der Waals surface area (Å²) in [5, 5.41) is 18.5. The van der Waals surface area contributed by atoms with E-state index in [2.05, 4.69) is 90.4 Å². The van der Waals surface area contributed by atoms with E-state index < -0.39 is 17.6 Å². The van der Waals surface area contributed by atoms with Crippen molar-refractivity contribution in [3.63, 3.8) is 0 Å². The number of fused-ring (bicyclic) bond motifs is 1. The third kappa shape index (κ3) is 7.83. The first-order valence-corrected chi connectivity index (χ1v) is 20.0. The molecule has 0 fully saturated rings. The average Bonchev–Trinajstić information content (AvgIpc) is 3.75. The lowest BCUT2D eigenvalue weighted by Gasteiger charge is -2.37. The van der Waals surface area contributed by atoms with Gasteiger partial charge in [0.25, 0.3) is 0 Å². The van der Waals surface area contributed by atoms with E-state index >= 15 is 0 Å². The first kappa shape index (κ1) is 40.0. The van der Waals surface area contributed by atoms with E-state index in [4.69, 9.17) is 29.2 Å². The van der Waals surface area contributed by atoms with E-state index in [9.17, 15) is 5.11 Å². The number of aliphatic hydroxyl groups excluding tert-OH is 1. The van der Waals surface area contributed by atoms with Crippen LogP contribution in [0.5, 0.6) is 5.75 Å². The zero-order chi connectivity index (χ0) is 41.4. The second-order valence-electron chi connectivity index (χ2n) is 14.5. The molecule has 2 aromatic heterocycles. The molecule has 0 aliphatic heterocycles. The summed E-state index contributed by atoms with van der Waals surface area (Å²) >= 11 is 0. The molecule has 1 atom stereocenters. The first-order valence-electron chi connectivity index (χ1n) is 20.0. The van der Waals surface area contributed by atoms with Gasteiger partial charge in [0.2, 0.25) is 12.4 Å². The fraction of sp³-hybridized carbons (Fsp3) is 0.180. The van der Waals surface area contributed by atoms with Crippen LogP contribution in [0, 0.1) is 6.92 Å². The minimum absolute atomic E-state index is 0.200. The number of nitrogens with zero attached hydrogens (tertiary/aromatic N) is 4. The van der Waals surface area contributed by atoms with Crippen LogP contribution < -0.4 is 15.4 Å². The predicted molar refractivity (Wildman–Crippen MR) is 236 cm³/mol. The molecule has 10 heteroatoms. The molecule has 0 amide bonds. The normalized spacial score (nSPS) is 12.3. The lowest BCUT2D eigenvalue weighted by atomic mass is 9.77. The molecule has 0 aliphatic carbocycles. The van der Waals surface area contributed by atoms with Crippen molar-refractivity contribution in [2.24, 2.45) is 0 Å². The molecule has 302 valence electrons. The summed E-state index contributed by atoms with van der Waals surface area (Å²) in [6.07, 6.45) is 0.638. The molecule has 8 rings (SSSR count). The van der Waals surface area contributed by atoms with E-state index in [1.807, 2.05) is 97.1 Å². The van der Waals surface area contributed by atoms with Crippen LogP contribution in [0.25, 0.3) is 11.2 Å². The zero-order valence-electron chi connectivity index (χ0n) is 33.9. The van der Waals surface area contributed by atoms with Crippen LogP contribution in [0.15, 0.2) is 176 Å². The van der Waals surface area contributed by atoms with Crippen molar-refractivity contribution in [3.8, 4) is 5.75 Å². The zero-order valence-corrected chi connectivity index (χ0v) is 33.9. The Morgan fingerprint density at radius 3 is 1.67 bits per heavy atom. The molecular formula is C50H48N6O4. The quantitative estimate of drug-likeness (QED) is 0.0471. The molecule has 0 aliphatic rings. The maximum absolute atomic E-state index is 11.5. The van der Waals surface area contributed by atoms with Crippen molar-refractivity contribution in [2.45, 2.75) is 30.9 Å². The lowest BCUT2D eigenvalue weighted by molar-refractivity contribution is -0.154. The highest BCUT2D eigenvalue weighted by Crippen LogP contribution is 2.43. The van der Waals surface area contributed by atoms with Crippen LogP contribution in [0.1, 0.15) is 51.8 Å². The summed E-state index contributed by atoms with van der Waals surface area (Å²) in [5.41, 5.74) is 6.21. The second-order valence-corrected chi connectivity index (χ2v) is 14.5. The minimum Gasteiger partial charge on any atom is -0.497 e. The predicted octanol–water partition coefficient (Wildman–Crippen LogP) is 9.45. The van der Waals surface area contributed by atoms with Crippen molar-refractivity contribution in [3.05, 3.63) is 215 Å². The van der Waals surface area contributed by atoms with Crippen molar-refractivity contribution in [1.29, 1.82) is 0 Å². The van der Waals surface area contributed by atoms with E-state index in [-0.39, 0.29) is 6.61 Å². The summed E-state index contributed by atoms with van der Waals surface area (Å²) in [5.74, 6) is 1.54. The summed E-state index contributed by atoms with van der Waals surface area (Å²) < 4.78 is 20.1. The number of anilines is 2. The molecule has 0 saturated carbocycles. The van der Waals surface area contributed by atoms with Gasteiger partial charge in [0.1, 0.15) is 23.2 Å². The molecule has 0 radical (unpaired) electrons. The number of rotatable bonds is 17. The number of aryl methyl sites for hydroxylation is 1. The van der Waals surface area contributed by atoms with Crippen molar-refractivity contribution in [2.75, 3.05) is 38.0 Å². The Morgan fingerprint density at radius 2 is 1.13 bits per heavy atom. The average molecular weight is 797 g/mol. The standard InChI is InChI=1S/C50H48N6O4/c1-36-25-27-42(28-26-36)50(40-21-12-6-13-22-40,41-23-14-7-15-24-41)60-34-16-33-59-48(57)56-35-52-44-45(53-47(51-2)54-46(44)56)55-49(37-17-8-4-9-18-37,38-19-10-5-11-20-38)39-29-31-43(58-3)32-30-39/h4-15,17-32,35,48,57H,16,33-34H2,1-3H3,(H2,51,53,54,55). The van der Waals surface area contributed by atoms with Gasteiger partial charge < -0.3 is 30.0 Å². The van der Waals surface area contributed by atoms with Gasteiger partial charge in [-0.3, -0.25) is 4.57 Å². The number of imidazole rings is 1. The third-order valence-electron chi connectivity index (χ3n) is 10.8. The minimum atomic E-state index is -1.39. The number of aromatic nitrogens is 4. The highest BCUT2D eigenvalue weighted by Gasteiger charge is 2.39. The number of methoxy groups -OCH3 is 1. The van der Waals surface area contributed by atoms with Gasteiger partial charge in [0, 0.05) is 7.05 Å². The van der Waals surface area contributed by atoms with Gasteiger partial charge in [-0.05, 0) is 58.9 Å². The Labute approximate surface area is 350 Å². The summed E-state index contributed by atoms with van der Waals surface area (Å²) in [7, 11) is 3.41. The number of aliphatic hydroxyl groups is 1. The summed E-state index contributed by atoms with van der Waals surface area (Å²) in [4.78, 5) is 14.4. The van der Waals surface area contributed by atoms with Gasteiger partial charge in [-0.25, -0.2) is 4.98 Å². The number of hydrogen-bond acceptors (Lipinski definition) is 9. The fourth-order valence-electron chi connectivity index (χ4n) is 7.83. The number of ether oxygens (including phenoxy) is 3. The molecule has 0 saturated heterocycles. The molecule has 60 heavy (non-hydrogen) atoms. The van der Waals surface area contributed by atoms with Crippen molar-refractivity contribution < 1.29 is 19.3 Å². The molecule has 10 nitrogen and oxygen atoms in total. The molecule has 0 bridgehead atoms. The van der Waals surface area contributed by atoms with Crippen LogP contribution in [-0.4, -0.2) is 52.0 Å². The number of nitrogens with one attached hydrogen (secondary N) is 2. The van der Waals surface area contributed by atoms with Gasteiger partial charge in [-0.15, -0.1) is 0 Å². The topological polar surface area (TPSA) is 116 Å². The van der Waals surface area contributed by atoms with E-state index in [0.29, 0.717) is 36.0 Å². The van der Waals surface area contributed by atoms with E-state index in [1.165, 1.54) is 16.5 Å². The van der Waals surface area contributed by atoms with Gasteiger partial charge in [0.05, 0.1) is 20.3 Å². The van der Waals surface area contributed by atoms with Crippen LogP contribution in [-0.2, 0) is 20.6 Å². The van der Waals surface area contributed by atoms with Gasteiger partial charge in [-0.2, -0.15) is 9.97 Å². The Kier molecular flexibility index (Phi) is 12.0. The molecule has 3 N–H and O–H groups in total. The maximum Gasteiger partial charge on any atom is 0.244 e. The van der Waals surface area contributed by atoms with E-state index in [1.54, 1.807) is 14.2 Å². The second kappa shape index (κ2) is 18.0. The van der Waals surface area contributed by atoms with Crippen LogP contribution >= 0.6 is 0 Å². The fourth-order valence-corrected chi connectivity index (χ4v) is 7.83. The monoisotopic (exact) mass is 796 g/mol. The molecule has 6 aromatic carbocycles. The van der Waals surface area contributed by atoms with E-state index in [0.717, 1.165) is 39.1 Å². The Hall–Kier alpha value is -6.85. The van der Waals surface area contributed by atoms with Gasteiger partial charge in [0.15, 0.2) is 17.0 Å². The van der Waals surface area contributed by atoms with Crippen LogP contribution in [0.4, 0.5) is 11.8 Å². The van der Waals surface area contributed by atoms with Crippen molar-refractivity contribution >= 4 is 22.9 Å². The first-order chi connectivity index (χ1) is 29.5. The molecule has 0 spiro atoms. The largest absolute Gasteiger partial charge is 0.497 e. The number of hydrogen-bond donors (Lipinski definition) is 3. The highest BCUT2D eigenvalue weighted by atomic mass is 16.6. The highest BCUT2D eigenvalue weighted by molar-refractivity contribution is 5.85. The molecular weight excluding hydrogens is 749 g/mol. The molecule has 2 heterocycles. The Balaban J connectivity index is 1.08. The maximum atomic E-state index is 11.5.